The molecular weight excluding hydrogens is 238 g/mol. The van der Waals surface area contributed by atoms with Crippen molar-refractivity contribution in [3.8, 4) is 5.75 Å². The molecule has 0 spiro atoms. The highest BCUT2D eigenvalue weighted by atomic mass is 35.5. The van der Waals surface area contributed by atoms with Gasteiger partial charge in [0.2, 0.25) is 6.08 Å². The van der Waals surface area contributed by atoms with Gasteiger partial charge < -0.3 is 5.11 Å². The maximum atomic E-state index is 10.2. The third-order valence-electron chi connectivity index (χ3n) is 3.24. The molecule has 0 amide bonds. The van der Waals surface area contributed by atoms with Gasteiger partial charge >= 0.3 is 0 Å². The Morgan fingerprint density at radius 1 is 1.35 bits per heavy atom. The topological polar surface area (TPSA) is 49.7 Å². The third-order valence-corrected chi connectivity index (χ3v) is 3.53. The molecule has 0 fully saturated rings. The number of phenolic OH excluding ortho intramolecular Hbond substituents is 1. The smallest absolute Gasteiger partial charge is 0.235 e. The van der Waals surface area contributed by atoms with Gasteiger partial charge in [-0.05, 0) is 42.9 Å². The SMILES string of the molecule is O=C=NCc1c(O)c(Cl)cc2c1CCCCC2. The van der Waals surface area contributed by atoms with E-state index < -0.39 is 0 Å². The summed E-state index contributed by atoms with van der Waals surface area (Å²) in [7, 11) is 0. The maximum Gasteiger partial charge on any atom is 0.235 e. The molecule has 0 atom stereocenters. The van der Waals surface area contributed by atoms with Gasteiger partial charge in [-0.2, -0.15) is 0 Å². The van der Waals surface area contributed by atoms with Crippen LogP contribution >= 0.6 is 11.6 Å². The molecule has 1 aliphatic carbocycles. The van der Waals surface area contributed by atoms with Gasteiger partial charge in [0.05, 0.1) is 11.6 Å². The van der Waals surface area contributed by atoms with E-state index in [4.69, 9.17) is 11.6 Å². The number of aryl methyl sites for hydroxylation is 1. The first-order valence-corrected chi connectivity index (χ1v) is 6.17. The van der Waals surface area contributed by atoms with Crippen molar-refractivity contribution in [2.75, 3.05) is 0 Å². The van der Waals surface area contributed by atoms with E-state index in [-0.39, 0.29) is 12.3 Å². The second-order valence-electron chi connectivity index (χ2n) is 4.29. The fourth-order valence-corrected chi connectivity index (χ4v) is 2.65. The van der Waals surface area contributed by atoms with Crippen LogP contribution in [0.3, 0.4) is 0 Å². The molecule has 2 rings (SSSR count). The van der Waals surface area contributed by atoms with E-state index in [9.17, 15) is 9.90 Å². The van der Waals surface area contributed by atoms with Crippen LogP contribution in [0.2, 0.25) is 5.02 Å². The van der Waals surface area contributed by atoms with Crippen molar-refractivity contribution in [3.63, 3.8) is 0 Å². The molecule has 0 aliphatic heterocycles. The molecule has 0 saturated carbocycles. The fourth-order valence-electron chi connectivity index (χ4n) is 2.40. The molecule has 3 nitrogen and oxygen atoms in total. The molecule has 1 aromatic carbocycles. The van der Waals surface area contributed by atoms with Crippen LogP contribution in [0.1, 0.15) is 36.0 Å². The molecule has 0 aromatic heterocycles. The molecule has 0 unspecified atom stereocenters. The van der Waals surface area contributed by atoms with Crippen molar-refractivity contribution in [2.24, 2.45) is 4.99 Å². The first-order chi connectivity index (χ1) is 8.24. The van der Waals surface area contributed by atoms with Gasteiger partial charge in [0.1, 0.15) is 5.75 Å². The predicted molar refractivity (Wildman–Crippen MR) is 66.2 cm³/mol. The number of aliphatic imine (C=N–C) groups is 1. The van der Waals surface area contributed by atoms with Crippen molar-refractivity contribution in [1.82, 2.24) is 0 Å². The van der Waals surface area contributed by atoms with Gasteiger partial charge in [-0.15, -0.1) is 0 Å². The lowest BCUT2D eigenvalue weighted by Gasteiger charge is -2.14. The van der Waals surface area contributed by atoms with Crippen LogP contribution in [0.15, 0.2) is 11.1 Å². The Balaban J connectivity index is 2.52. The molecule has 0 saturated heterocycles. The second-order valence-corrected chi connectivity index (χ2v) is 4.70. The quantitative estimate of drug-likeness (QED) is 0.499. The number of hydrogen-bond acceptors (Lipinski definition) is 3. The molecule has 1 N–H and O–H groups in total. The van der Waals surface area contributed by atoms with Crippen molar-refractivity contribution >= 4 is 17.7 Å². The average molecular weight is 252 g/mol. The molecule has 0 bridgehead atoms. The van der Waals surface area contributed by atoms with Gasteiger partial charge in [-0.3, -0.25) is 0 Å². The van der Waals surface area contributed by atoms with Gasteiger partial charge in [0.15, 0.2) is 0 Å². The molecule has 17 heavy (non-hydrogen) atoms. The highest BCUT2D eigenvalue weighted by Crippen LogP contribution is 2.36. The summed E-state index contributed by atoms with van der Waals surface area (Å²) in [6, 6.07) is 1.84. The first kappa shape index (κ1) is 12.2. The number of benzene rings is 1. The summed E-state index contributed by atoms with van der Waals surface area (Å²) in [5.74, 6) is 0.0614. The van der Waals surface area contributed by atoms with Gasteiger partial charge in [-0.1, -0.05) is 18.0 Å². The molecule has 1 aromatic rings. The van der Waals surface area contributed by atoms with Crippen LogP contribution in [-0.2, 0) is 24.2 Å². The van der Waals surface area contributed by atoms with Crippen LogP contribution in [-0.4, -0.2) is 11.2 Å². The van der Waals surface area contributed by atoms with Gasteiger partial charge in [-0.25, -0.2) is 9.79 Å². The van der Waals surface area contributed by atoms with Crippen LogP contribution in [0, 0.1) is 0 Å². The number of halogens is 1. The molecular formula is C13H14ClNO2. The monoisotopic (exact) mass is 251 g/mol. The average Bonchev–Trinajstić information content (AvgIpc) is 2.55. The Hall–Kier alpha value is -1.31. The summed E-state index contributed by atoms with van der Waals surface area (Å²) in [6.07, 6.45) is 6.84. The number of fused-ring (bicyclic) bond motifs is 1. The molecule has 0 heterocycles. The minimum absolute atomic E-state index is 0.0614. The minimum Gasteiger partial charge on any atom is -0.506 e. The zero-order chi connectivity index (χ0) is 12.3. The number of phenols is 1. The number of aromatic hydroxyl groups is 1. The van der Waals surface area contributed by atoms with E-state index in [0.29, 0.717) is 10.6 Å². The number of nitrogens with zero attached hydrogens (tertiary/aromatic N) is 1. The fraction of sp³-hybridized carbons (Fsp3) is 0.462. The summed E-state index contributed by atoms with van der Waals surface area (Å²) in [6.45, 7) is 0.165. The molecule has 90 valence electrons. The maximum absolute atomic E-state index is 10.2. The number of carbonyl (C=O) groups excluding carboxylic acids is 1. The van der Waals surface area contributed by atoms with Gasteiger partial charge in [0, 0.05) is 5.56 Å². The summed E-state index contributed by atoms with van der Waals surface area (Å²) in [5, 5.41) is 10.3. The van der Waals surface area contributed by atoms with Crippen LogP contribution in [0.5, 0.6) is 5.75 Å². The molecule has 1 aliphatic rings. The molecule has 4 heteroatoms. The van der Waals surface area contributed by atoms with Crippen LogP contribution < -0.4 is 0 Å². The zero-order valence-corrected chi connectivity index (χ0v) is 10.3. The van der Waals surface area contributed by atoms with Crippen LogP contribution in [0.4, 0.5) is 0 Å². The normalized spacial score (nSPS) is 14.6. The van der Waals surface area contributed by atoms with E-state index >= 15 is 0 Å². The Morgan fingerprint density at radius 2 is 2.12 bits per heavy atom. The molecule has 0 radical (unpaired) electrons. The summed E-state index contributed by atoms with van der Waals surface area (Å²) in [4.78, 5) is 13.8. The summed E-state index contributed by atoms with van der Waals surface area (Å²) < 4.78 is 0. The van der Waals surface area contributed by atoms with E-state index in [2.05, 4.69) is 4.99 Å². The highest BCUT2D eigenvalue weighted by Gasteiger charge is 2.18. The standard InChI is InChI=1S/C13H14ClNO2/c14-12-6-9-4-2-1-3-5-10(9)11(13(12)17)7-15-8-16/h6,17H,1-5,7H2. The third kappa shape index (κ3) is 2.51. The van der Waals surface area contributed by atoms with Crippen molar-refractivity contribution in [3.05, 3.63) is 27.8 Å². The van der Waals surface area contributed by atoms with Crippen molar-refractivity contribution < 1.29 is 9.90 Å². The lowest BCUT2D eigenvalue weighted by Crippen LogP contribution is -1.99. The van der Waals surface area contributed by atoms with E-state index in [0.717, 1.165) is 31.2 Å². The Labute approximate surface area is 105 Å². The van der Waals surface area contributed by atoms with Crippen LogP contribution in [0.25, 0.3) is 0 Å². The van der Waals surface area contributed by atoms with Gasteiger partial charge in [0.25, 0.3) is 0 Å². The lowest BCUT2D eigenvalue weighted by molar-refractivity contribution is 0.467. The van der Waals surface area contributed by atoms with E-state index in [1.165, 1.54) is 18.1 Å². The Kier molecular flexibility index (Phi) is 3.82. The Morgan fingerprint density at radius 3 is 2.88 bits per heavy atom. The van der Waals surface area contributed by atoms with Crippen molar-refractivity contribution in [2.45, 2.75) is 38.6 Å². The predicted octanol–water partition coefficient (Wildman–Crippen LogP) is 3.15. The first-order valence-electron chi connectivity index (χ1n) is 5.79. The number of hydrogen-bond donors (Lipinski definition) is 1. The number of isocyanates is 1. The van der Waals surface area contributed by atoms with E-state index in [1.54, 1.807) is 0 Å². The largest absolute Gasteiger partial charge is 0.506 e. The lowest BCUT2D eigenvalue weighted by atomic mass is 9.96. The minimum atomic E-state index is 0.0614. The Bertz CT molecular complexity index is 479. The van der Waals surface area contributed by atoms with Crippen molar-refractivity contribution in [1.29, 1.82) is 0 Å². The van der Waals surface area contributed by atoms with E-state index in [1.807, 2.05) is 6.07 Å². The summed E-state index contributed by atoms with van der Waals surface area (Å²) >= 11 is 5.99. The number of rotatable bonds is 2. The zero-order valence-electron chi connectivity index (χ0n) is 9.50. The second kappa shape index (κ2) is 5.35. The highest BCUT2D eigenvalue weighted by molar-refractivity contribution is 6.32. The summed E-state index contributed by atoms with van der Waals surface area (Å²) in [5.41, 5.74) is 2.99.